The summed E-state index contributed by atoms with van der Waals surface area (Å²) in [7, 11) is 0. The monoisotopic (exact) mass is 337 g/mol. The third kappa shape index (κ3) is 4.86. The van der Waals surface area contributed by atoms with Crippen molar-refractivity contribution in [2.45, 2.75) is 36.6 Å². The molecule has 0 saturated carbocycles. The first kappa shape index (κ1) is 17.6. The van der Waals surface area contributed by atoms with Crippen LogP contribution >= 0.6 is 11.8 Å². The van der Waals surface area contributed by atoms with E-state index in [4.69, 9.17) is 0 Å². The number of aliphatic imine (C=N–C) groups is 1. The van der Waals surface area contributed by atoms with Crippen LogP contribution in [-0.4, -0.2) is 11.5 Å². The second-order valence-electron chi connectivity index (χ2n) is 5.15. The van der Waals surface area contributed by atoms with Gasteiger partial charge >= 0.3 is 6.18 Å². The zero-order valence-corrected chi connectivity index (χ0v) is 13.8. The average Bonchev–Trinajstić information content (AvgIpc) is 2.53. The van der Waals surface area contributed by atoms with Crippen LogP contribution in [0, 0.1) is 0 Å². The van der Waals surface area contributed by atoms with Gasteiger partial charge in [-0.15, -0.1) is 11.8 Å². The van der Waals surface area contributed by atoms with Crippen molar-refractivity contribution in [1.29, 1.82) is 0 Å². The Balaban J connectivity index is 2.43. The number of para-hydroxylation sites is 1. The highest BCUT2D eigenvalue weighted by Crippen LogP contribution is 2.40. The molecular weight excluding hydrogens is 319 g/mol. The van der Waals surface area contributed by atoms with E-state index in [1.807, 2.05) is 44.2 Å². The van der Waals surface area contributed by atoms with Gasteiger partial charge in [0.25, 0.3) is 0 Å². The summed E-state index contributed by atoms with van der Waals surface area (Å²) in [5.41, 5.74) is 0.609. The van der Waals surface area contributed by atoms with Gasteiger partial charge in [0, 0.05) is 21.9 Å². The molecule has 1 nitrogen and oxygen atoms in total. The van der Waals surface area contributed by atoms with Gasteiger partial charge in [0.15, 0.2) is 0 Å². The minimum Gasteiger partial charge on any atom is -0.256 e. The van der Waals surface area contributed by atoms with Crippen molar-refractivity contribution in [2.75, 3.05) is 0 Å². The summed E-state index contributed by atoms with van der Waals surface area (Å²) in [6, 6.07) is 13.4. The molecule has 2 aromatic carbocycles. The zero-order valence-electron chi connectivity index (χ0n) is 13.0. The summed E-state index contributed by atoms with van der Waals surface area (Å²) in [5, 5.41) is 0.0994. The molecule has 0 aliphatic rings. The number of hydrogen-bond acceptors (Lipinski definition) is 2. The summed E-state index contributed by atoms with van der Waals surface area (Å²) in [5.74, 6) is 0. The van der Waals surface area contributed by atoms with Crippen molar-refractivity contribution in [3.05, 3.63) is 59.7 Å². The van der Waals surface area contributed by atoms with Gasteiger partial charge in [0.2, 0.25) is 0 Å². The summed E-state index contributed by atoms with van der Waals surface area (Å²) in [6.07, 6.45) is -2.06. The zero-order chi connectivity index (χ0) is 16.9. The predicted octanol–water partition coefficient (Wildman–Crippen LogP) is 6.35. The van der Waals surface area contributed by atoms with E-state index in [0.29, 0.717) is 11.3 Å². The number of alkyl halides is 3. The maximum absolute atomic E-state index is 13.3. The van der Waals surface area contributed by atoms with Crippen LogP contribution < -0.4 is 0 Å². The van der Waals surface area contributed by atoms with Crippen molar-refractivity contribution >= 4 is 23.7 Å². The van der Waals surface area contributed by atoms with E-state index in [9.17, 15) is 13.2 Å². The molecule has 0 N–H and O–H groups in total. The molecule has 5 heteroatoms. The fourth-order valence-corrected chi connectivity index (χ4v) is 3.09. The lowest BCUT2D eigenvalue weighted by molar-refractivity contribution is -0.139. The van der Waals surface area contributed by atoms with Crippen molar-refractivity contribution in [2.24, 2.45) is 4.99 Å². The van der Waals surface area contributed by atoms with Crippen molar-refractivity contribution in [1.82, 2.24) is 0 Å². The van der Waals surface area contributed by atoms with Crippen LogP contribution in [0.1, 0.15) is 31.4 Å². The Labute approximate surface area is 138 Å². The van der Waals surface area contributed by atoms with E-state index in [-0.39, 0.29) is 10.1 Å². The van der Waals surface area contributed by atoms with Crippen LogP contribution in [0.25, 0.3) is 0 Å². The minimum absolute atomic E-state index is 0.0994. The fraction of sp³-hybridized carbons (Fsp3) is 0.278. The highest BCUT2D eigenvalue weighted by atomic mass is 32.2. The van der Waals surface area contributed by atoms with Gasteiger partial charge in [-0.3, -0.25) is 4.99 Å². The van der Waals surface area contributed by atoms with Crippen molar-refractivity contribution in [3.8, 4) is 0 Å². The number of nitrogens with zero attached hydrogens (tertiary/aromatic N) is 1. The molecule has 0 bridgehead atoms. The summed E-state index contributed by atoms with van der Waals surface area (Å²) in [6.45, 7) is 3.89. The normalized spacial score (nSPS) is 13.4. The lowest BCUT2D eigenvalue weighted by Gasteiger charge is -2.17. The maximum atomic E-state index is 13.3. The smallest absolute Gasteiger partial charge is 0.256 e. The third-order valence-corrected chi connectivity index (χ3v) is 4.78. The van der Waals surface area contributed by atoms with Crippen LogP contribution in [0.15, 0.2) is 58.4 Å². The predicted molar refractivity (Wildman–Crippen MR) is 90.8 cm³/mol. The molecular formula is C18H18F3NS. The number of halogens is 3. The Morgan fingerprint density at radius 2 is 1.78 bits per heavy atom. The Bertz CT molecular complexity index is 666. The van der Waals surface area contributed by atoms with Crippen LogP contribution in [0.3, 0.4) is 0 Å². The average molecular weight is 337 g/mol. The summed E-state index contributed by atoms with van der Waals surface area (Å²) < 4.78 is 39.9. The molecule has 0 heterocycles. The Morgan fingerprint density at radius 3 is 2.39 bits per heavy atom. The van der Waals surface area contributed by atoms with Crippen LogP contribution in [-0.2, 0) is 6.18 Å². The first-order chi connectivity index (χ1) is 10.9. The second kappa shape index (κ2) is 7.68. The molecule has 1 unspecified atom stereocenters. The molecule has 0 amide bonds. The molecule has 0 spiro atoms. The van der Waals surface area contributed by atoms with Gasteiger partial charge in [-0.1, -0.05) is 44.2 Å². The number of thioether (sulfide) groups is 1. The largest absolute Gasteiger partial charge is 0.417 e. The lowest BCUT2D eigenvalue weighted by atomic mass is 10.1. The van der Waals surface area contributed by atoms with E-state index in [1.165, 1.54) is 24.0 Å². The molecule has 0 aliphatic carbocycles. The molecule has 1 atom stereocenters. The highest BCUT2D eigenvalue weighted by molar-refractivity contribution is 8.00. The van der Waals surface area contributed by atoms with Gasteiger partial charge in [-0.2, -0.15) is 13.2 Å². The maximum Gasteiger partial charge on any atom is 0.417 e. The lowest BCUT2D eigenvalue weighted by Crippen LogP contribution is -2.10. The van der Waals surface area contributed by atoms with Crippen molar-refractivity contribution in [3.63, 3.8) is 0 Å². The second-order valence-corrected chi connectivity index (χ2v) is 6.60. The summed E-state index contributed by atoms with van der Waals surface area (Å²) >= 11 is 1.25. The Morgan fingerprint density at radius 1 is 1.09 bits per heavy atom. The van der Waals surface area contributed by atoms with E-state index in [0.717, 1.165) is 12.5 Å². The van der Waals surface area contributed by atoms with Gasteiger partial charge < -0.3 is 0 Å². The first-order valence-corrected chi connectivity index (χ1v) is 8.25. The van der Waals surface area contributed by atoms with Gasteiger partial charge in [-0.05, 0) is 24.6 Å². The van der Waals surface area contributed by atoms with Crippen molar-refractivity contribution < 1.29 is 13.2 Å². The van der Waals surface area contributed by atoms with Crippen LogP contribution in [0.2, 0.25) is 0 Å². The molecule has 2 rings (SSSR count). The molecule has 23 heavy (non-hydrogen) atoms. The third-order valence-electron chi connectivity index (χ3n) is 3.35. The molecule has 2 aromatic rings. The van der Waals surface area contributed by atoms with E-state index in [2.05, 4.69) is 4.99 Å². The number of hydrogen-bond donors (Lipinski definition) is 0. The number of benzene rings is 2. The fourth-order valence-electron chi connectivity index (χ4n) is 1.95. The molecule has 0 aromatic heterocycles. The Kier molecular flexibility index (Phi) is 5.88. The van der Waals surface area contributed by atoms with Crippen LogP contribution in [0.4, 0.5) is 18.9 Å². The van der Waals surface area contributed by atoms with Gasteiger partial charge in [-0.25, -0.2) is 0 Å². The van der Waals surface area contributed by atoms with Gasteiger partial charge in [0.1, 0.15) is 0 Å². The molecule has 0 saturated heterocycles. The molecule has 0 aliphatic heterocycles. The molecule has 122 valence electrons. The van der Waals surface area contributed by atoms with Gasteiger partial charge in [0.05, 0.1) is 11.3 Å². The standard InChI is InChI=1S/C18H18F3NS/c1-3-13(2)23-17-14(8-7-11-16(17)18(19,20)21)12-22-15-9-5-4-6-10-15/h4-13H,3H2,1-2H3. The highest BCUT2D eigenvalue weighted by Gasteiger charge is 2.34. The molecule has 0 radical (unpaired) electrons. The summed E-state index contributed by atoms with van der Waals surface area (Å²) in [4.78, 5) is 4.53. The minimum atomic E-state index is -4.37. The molecule has 0 fully saturated rings. The van der Waals surface area contributed by atoms with Crippen LogP contribution in [0.5, 0.6) is 0 Å². The topological polar surface area (TPSA) is 12.4 Å². The van der Waals surface area contributed by atoms with E-state index < -0.39 is 11.7 Å². The first-order valence-electron chi connectivity index (χ1n) is 7.37. The Hall–Kier alpha value is -1.75. The van der Waals surface area contributed by atoms with E-state index >= 15 is 0 Å². The number of rotatable bonds is 5. The SMILES string of the molecule is CCC(C)Sc1c(C=Nc2ccccc2)cccc1C(F)(F)F. The van der Waals surface area contributed by atoms with E-state index in [1.54, 1.807) is 6.07 Å². The quantitative estimate of drug-likeness (QED) is 0.457.